The highest BCUT2D eigenvalue weighted by atomic mass is 32.2. The van der Waals surface area contributed by atoms with E-state index in [1.807, 2.05) is 13.8 Å². The summed E-state index contributed by atoms with van der Waals surface area (Å²) in [5, 5.41) is 14.2. The van der Waals surface area contributed by atoms with Crippen molar-refractivity contribution in [1.82, 2.24) is 10.6 Å². The van der Waals surface area contributed by atoms with Crippen molar-refractivity contribution in [3.05, 3.63) is 0 Å². The lowest BCUT2D eigenvalue weighted by atomic mass is 10.2. The SMILES string of the molecule is CCC(CC)NC(=O)CSCCC(NC(C)=O)C(=O)O. The second-order valence-electron chi connectivity index (χ2n) is 4.51. The molecule has 0 aromatic heterocycles. The largest absolute Gasteiger partial charge is 0.480 e. The number of rotatable bonds is 10. The molecule has 0 aliphatic rings. The minimum atomic E-state index is -1.05. The van der Waals surface area contributed by atoms with Crippen molar-refractivity contribution >= 4 is 29.5 Å². The Bertz CT molecular complexity index is 332. The maximum atomic E-state index is 11.6. The van der Waals surface area contributed by atoms with E-state index < -0.39 is 12.0 Å². The van der Waals surface area contributed by atoms with Crippen molar-refractivity contribution in [2.45, 2.75) is 52.1 Å². The molecular formula is C13H24N2O4S. The van der Waals surface area contributed by atoms with E-state index in [1.54, 1.807) is 0 Å². The standard InChI is InChI=1S/C13H24N2O4S/c1-4-10(5-2)15-12(17)8-20-7-6-11(13(18)19)14-9(3)16/h10-11H,4-8H2,1-3H3,(H,14,16)(H,15,17)(H,18,19). The van der Waals surface area contributed by atoms with E-state index in [9.17, 15) is 14.4 Å². The Hall–Kier alpha value is -1.24. The lowest BCUT2D eigenvalue weighted by molar-refractivity contribution is -0.141. The number of hydrogen-bond donors (Lipinski definition) is 3. The van der Waals surface area contributed by atoms with Crippen molar-refractivity contribution in [2.24, 2.45) is 0 Å². The predicted molar refractivity (Wildman–Crippen MR) is 79.7 cm³/mol. The van der Waals surface area contributed by atoms with Crippen LogP contribution in [0.1, 0.15) is 40.0 Å². The van der Waals surface area contributed by atoms with Crippen LogP contribution in [0.15, 0.2) is 0 Å². The second kappa shape index (κ2) is 10.5. The molecule has 3 N–H and O–H groups in total. The summed E-state index contributed by atoms with van der Waals surface area (Å²) >= 11 is 1.37. The van der Waals surface area contributed by atoms with Crippen LogP contribution in [0.3, 0.4) is 0 Å². The fraction of sp³-hybridized carbons (Fsp3) is 0.769. The van der Waals surface area contributed by atoms with Gasteiger partial charge in [0.1, 0.15) is 6.04 Å². The van der Waals surface area contributed by atoms with Crippen LogP contribution in [-0.2, 0) is 14.4 Å². The Balaban J connectivity index is 3.90. The Kier molecular flexibility index (Phi) is 9.88. The van der Waals surface area contributed by atoms with Gasteiger partial charge in [-0.15, -0.1) is 0 Å². The fourth-order valence-electron chi connectivity index (χ4n) is 1.63. The lowest BCUT2D eigenvalue weighted by Crippen LogP contribution is -2.40. The Labute approximate surface area is 124 Å². The van der Waals surface area contributed by atoms with Gasteiger partial charge in [-0.2, -0.15) is 11.8 Å². The summed E-state index contributed by atoms with van der Waals surface area (Å²) < 4.78 is 0. The van der Waals surface area contributed by atoms with Gasteiger partial charge in [-0.3, -0.25) is 9.59 Å². The Morgan fingerprint density at radius 3 is 2.20 bits per heavy atom. The van der Waals surface area contributed by atoms with Crippen LogP contribution in [0.4, 0.5) is 0 Å². The van der Waals surface area contributed by atoms with E-state index >= 15 is 0 Å². The molecule has 1 unspecified atom stereocenters. The zero-order valence-corrected chi connectivity index (χ0v) is 13.1. The van der Waals surface area contributed by atoms with Crippen molar-refractivity contribution in [1.29, 1.82) is 0 Å². The quantitative estimate of drug-likeness (QED) is 0.523. The van der Waals surface area contributed by atoms with E-state index in [0.29, 0.717) is 17.9 Å². The first-order valence-electron chi connectivity index (χ1n) is 6.77. The van der Waals surface area contributed by atoms with Crippen LogP contribution in [0.25, 0.3) is 0 Å². The molecule has 0 heterocycles. The zero-order valence-electron chi connectivity index (χ0n) is 12.3. The third kappa shape index (κ3) is 8.79. The number of amides is 2. The molecule has 0 spiro atoms. The van der Waals surface area contributed by atoms with Gasteiger partial charge < -0.3 is 15.7 Å². The molecule has 1 atom stereocenters. The van der Waals surface area contributed by atoms with Crippen LogP contribution in [0, 0.1) is 0 Å². The molecule has 0 radical (unpaired) electrons. The summed E-state index contributed by atoms with van der Waals surface area (Å²) in [7, 11) is 0. The van der Waals surface area contributed by atoms with Gasteiger partial charge in [-0.1, -0.05) is 13.8 Å². The summed E-state index contributed by atoms with van der Waals surface area (Å²) in [5.74, 6) is -0.637. The van der Waals surface area contributed by atoms with Gasteiger partial charge >= 0.3 is 5.97 Å². The summed E-state index contributed by atoms with van der Waals surface area (Å²) in [4.78, 5) is 33.3. The number of hydrogen-bond acceptors (Lipinski definition) is 4. The molecule has 20 heavy (non-hydrogen) atoms. The first-order valence-corrected chi connectivity index (χ1v) is 7.93. The maximum Gasteiger partial charge on any atom is 0.326 e. The number of nitrogens with one attached hydrogen (secondary N) is 2. The first kappa shape index (κ1) is 18.8. The molecule has 0 aromatic rings. The van der Waals surface area contributed by atoms with E-state index in [-0.39, 0.29) is 17.9 Å². The van der Waals surface area contributed by atoms with Gasteiger partial charge in [0, 0.05) is 13.0 Å². The topological polar surface area (TPSA) is 95.5 Å². The molecule has 0 bridgehead atoms. The van der Waals surface area contributed by atoms with Gasteiger partial charge in [0.05, 0.1) is 5.75 Å². The Morgan fingerprint density at radius 1 is 1.15 bits per heavy atom. The van der Waals surface area contributed by atoms with E-state index in [1.165, 1.54) is 18.7 Å². The van der Waals surface area contributed by atoms with E-state index in [0.717, 1.165) is 12.8 Å². The van der Waals surface area contributed by atoms with Gasteiger partial charge in [0.15, 0.2) is 0 Å². The molecular weight excluding hydrogens is 280 g/mol. The highest BCUT2D eigenvalue weighted by Crippen LogP contribution is 2.06. The van der Waals surface area contributed by atoms with Crippen molar-refractivity contribution in [3.8, 4) is 0 Å². The van der Waals surface area contributed by atoms with Gasteiger partial charge in [0.2, 0.25) is 11.8 Å². The maximum absolute atomic E-state index is 11.6. The number of carboxylic acids is 1. The average Bonchev–Trinajstić information content (AvgIpc) is 2.38. The molecule has 0 fully saturated rings. The minimum Gasteiger partial charge on any atom is -0.480 e. The molecule has 116 valence electrons. The molecule has 0 saturated heterocycles. The van der Waals surface area contributed by atoms with Gasteiger partial charge in [0.25, 0.3) is 0 Å². The highest BCUT2D eigenvalue weighted by molar-refractivity contribution is 7.99. The van der Waals surface area contributed by atoms with Crippen molar-refractivity contribution < 1.29 is 19.5 Å². The van der Waals surface area contributed by atoms with Crippen LogP contribution in [0.2, 0.25) is 0 Å². The Morgan fingerprint density at radius 2 is 1.75 bits per heavy atom. The lowest BCUT2D eigenvalue weighted by Gasteiger charge is -2.15. The summed E-state index contributed by atoms with van der Waals surface area (Å²) in [5.41, 5.74) is 0. The number of carbonyl (C=O) groups is 3. The smallest absolute Gasteiger partial charge is 0.326 e. The van der Waals surface area contributed by atoms with Gasteiger partial charge in [-0.25, -0.2) is 4.79 Å². The molecule has 0 aliphatic carbocycles. The molecule has 7 heteroatoms. The van der Waals surface area contributed by atoms with Crippen LogP contribution < -0.4 is 10.6 Å². The van der Waals surface area contributed by atoms with E-state index in [2.05, 4.69) is 10.6 Å². The van der Waals surface area contributed by atoms with Crippen molar-refractivity contribution in [3.63, 3.8) is 0 Å². The number of carbonyl (C=O) groups excluding carboxylic acids is 2. The molecule has 0 rings (SSSR count). The fourth-order valence-corrected chi connectivity index (χ4v) is 2.45. The van der Waals surface area contributed by atoms with Crippen LogP contribution in [-0.4, -0.2) is 46.5 Å². The third-order valence-electron chi connectivity index (χ3n) is 2.81. The summed E-state index contributed by atoms with van der Waals surface area (Å²) in [6, 6.07) is -0.684. The average molecular weight is 304 g/mol. The third-order valence-corrected chi connectivity index (χ3v) is 3.80. The highest BCUT2D eigenvalue weighted by Gasteiger charge is 2.18. The van der Waals surface area contributed by atoms with E-state index in [4.69, 9.17) is 5.11 Å². The number of thioether (sulfide) groups is 1. The minimum absolute atomic E-state index is 0.0323. The molecule has 0 saturated carbocycles. The number of carboxylic acid groups (broad SMARTS) is 1. The first-order chi connectivity index (χ1) is 9.40. The van der Waals surface area contributed by atoms with Crippen LogP contribution in [0.5, 0.6) is 0 Å². The van der Waals surface area contributed by atoms with Crippen molar-refractivity contribution in [2.75, 3.05) is 11.5 Å². The molecule has 2 amide bonds. The monoisotopic (exact) mass is 304 g/mol. The number of aliphatic carboxylic acids is 1. The molecule has 0 aromatic carbocycles. The van der Waals surface area contributed by atoms with Crippen LogP contribution >= 0.6 is 11.8 Å². The normalized spacial score (nSPS) is 12.0. The summed E-state index contributed by atoms with van der Waals surface area (Å²) in [6.45, 7) is 5.32. The zero-order chi connectivity index (χ0) is 15.5. The summed E-state index contributed by atoms with van der Waals surface area (Å²) in [6.07, 6.45) is 2.10. The molecule has 0 aliphatic heterocycles. The second-order valence-corrected chi connectivity index (χ2v) is 5.62. The predicted octanol–water partition coefficient (Wildman–Crippen LogP) is 1.00. The van der Waals surface area contributed by atoms with Gasteiger partial charge in [-0.05, 0) is 25.0 Å². The molecule has 6 nitrogen and oxygen atoms in total.